The third kappa shape index (κ3) is 4.94. The number of nitrogens with zero attached hydrogens (tertiary/aromatic N) is 3. The van der Waals surface area contributed by atoms with E-state index >= 15 is 0 Å². The molecule has 0 saturated carbocycles. The second-order valence-corrected chi connectivity index (χ2v) is 6.81. The van der Waals surface area contributed by atoms with Gasteiger partial charge in [-0.2, -0.15) is 0 Å². The summed E-state index contributed by atoms with van der Waals surface area (Å²) in [6.07, 6.45) is 8.26. The lowest BCUT2D eigenvalue weighted by atomic mass is 10.2. The third-order valence-electron chi connectivity index (χ3n) is 4.28. The van der Waals surface area contributed by atoms with Gasteiger partial charge in [0.05, 0.1) is 18.5 Å². The summed E-state index contributed by atoms with van der Waals surface area (Å²) in [6.45, 7) is 5.96. The largest absolute Gasteiger partial charge is 0.491 e. The third-order valence-corrected chi connectivity index (χ3v) is 4.28. The van der Waals surface area contributed by atoms with Gasteiger partial charge in [-0.1, -0.05) is 12.8 Å². The molecule has 3 rings (SSSR count). The van der Waals surface area contributed by atoms with E-state index in [2.05, 4.69) is 20.2 Å². The second-order valence-electron chi connectivity index (χ2n) is 6.81. The first-order valence-corrected chi connectivity index (χ1v) is 9.27. The molecule has 2 heterocycles. The highest BCUT2D eigenvalue weighted by molar-refractivity contribution is 6.02. The van der Waals surface area contributed by atoms with Crippen LogP contribution in [-0.4, -0.2) is 35.1 Å². The van der Waals surface area contributed by atoms with Crippen LogP contribution in [0.4, 0.5) is 11.5 Å². The molecule has 1 saturated heterocycles. The van der Waals surface area contributed by atoms with Crippen LogP contribution in [0.25, 0.3) is 0 Å². The van der Waals surface area contributed by atoms with Gasteiger partial charge in [0.1, 0.15) is 17.3 Å². The zero-order chi connectivity index (χ0) is 18.4. The van der Waals surface area contributed by atoms with Crippen molar-refractivity contribution in [3.8, 4) is 5.75 Å². The first-order valence-electron chi connectivity index (χ1n) is 9.27. The zero-order valence-electron chi connectivity index (χ0n) is 15.4. The van der Waals surface area contributed by atoms with Gasteiger partial charge in [-0.3, -0.25) is 4.79 Å². The number of carbonyl (C=O) groups excluding carboxylic acids is 1. The summed E-state index contributed by atoms with van der Waals surface area (Å²) in [6, 6.07) is 7.30. The summed E-state index contributed by atoms with van der Waals surface area (Å²) in [7, 11) is 0. The first kappa shape index (κ1) is 18.2. The second kappa shape index (κ2) is 8.65. The summed E-state index contributed by atoms with van der Waals surface area (Å²) in [5, 5.41) is 2.84. The SMILES string of the molecule is CC(C)Oc1ccc(NC(=O)c2cnc(N3CCCCCC3)cn2)cc1. The van der Waals surface area contributed by atoms with Crippen LogP contribution in [0.15, 0.2) is 36.7 Å². The van der Waals surface area contributed by atoms with Gasteiger partial charge >= 0.3 is 0 Å². The first-order chi connectivity index (χ1) is 12.6. The number of amides is 1. The quantitative estimate of drug-likeness (QED) is 0.882. The molecule has 2 aromatic rings. The smallest absolute Gasteiger partial charge is 0.275 e. The number of benzene rings is 1. The molecular formula is C20H26N4O2. The van der Waals surface area contributed by atoms with Crippen molar-refractivity contribution >= 4 is 17.4 Å². The fourth-order valence-corrected chi connectivity index (χ4v) is 2.99. The highest BCUT2D eigenvalue weighted by atomic mass is 16.5. The lowest BCUT2D eigenvalue weighted by Gasteiger charge is -2.20. The Balaban J connectivity index is 1.60. The van der Waals surface area contributed by atoms with E-state index in [1.54, 1.807) is 12.4 Å². The van der Waals surface area contributed by atoms with Gasteiger partial charge in [-0.05, 0) is 51.0 Å². The minimum Gasteiger partial charge on any atom is -0.491 e. The number of aromatic nitrogens is 2. The fraction of sp³-hybridized carbons (Fsp3) is 0.450. The van der Waals surface area contributed by atoms with Crippen molar-refractivity contribution in [2.45, 2.75) is 45.6 Å². The van der Waals surface area contributed by atoms with Crippen molar-refractivity contribution < 1.29 is 9.53 Å². The van der Waals surface area contributed by atoms with Gasteiger partial charge in [-0.25, -0.2) is 9.97 Å². The van der Waals surface area contributed by atoms with Gasteiger partial charge in [0.15, 0.2) is 0 Å². The Labute approximate surface area is 154 Å². The predicted molar refractivity (Wildman–Crippen MR) is 103 cm³/mol. The molecule has 1 aromatic carbocycles. The molecule has 1 aliphatic rings. The monoisotopic (exact) mass is 354 g/mol. The highest BCUT2D eigenvalue weighted by Crippen LogP contribution is 2.18. The van der Waals surface area contributed by atoms with Crippen LogP contribution in [0.5, 0.6) is 5.75 Å². The lowest BCUT2D eigenvalue weighted by molar-refractivity contribution is 0.102. The minimum absolute atomic E-state index is 0.119. The zero-order valence-corrected chi connectivity index (χ0v) is 15.4. The van der Waals surface area contributed by atoms with Crippen LogP contribution in [0.3, 0.4) is 0 Å². The van der Waals surface area contributed by atoms with E-state index in [9.17, 15) is 4.79 Å². The van der Waals surface area contributed by atoms with Crippen LogP contribution in [0.2, 0.25) is 0 Å². The summed E-state index contributed by atoms with van der Waals surface area (Å²) >= 11 is 0. The topological polar surface area (TPSA) is 67.3 Å². The van der Waals surface area contributed by atoms with Crippen molar-refractivity contribution in [1.82, 2.24) is 9.97 Å². The molecule has 1 amide bonds. The number of carbonyl (C=O) groups is 1. The van der Waals surface area contributed by atoms with E-state index in [0.29, 0.717) is 11.4 Å². The Morgan fingerprint density at radius 2 is 1.73 bits per heavy atom. The van der Waals surface area contributed by atoms with Crippen LogP contribution in [0.1, 0.15) is 50.0 Å². The molecule has 1 aliphatic heterocycles. The Bertz CT molecular complexity index is 706. The molecule has 0 unspecified atom stereocenters. The maximum absolute atomic E-state index is 12.4. The van der Waals surface area contributed by atoms with Crippen molar-refractivity contribution in [3.05, 3.63) is 42.4 Å². The average Bonchev–Trinajstić information content (AvgIpc) is 2.92. The minimum atomic E-state index is -0.266. The molecule has 1 fully saturated rings. The number of anilines is 2. The van der Waals surface area contributed by atoms with Gasteiger partial charge < -0.3 is 15.0 Å². The molecule has 0 atom stereocenters. The molecule has 0 spiro atoms. The van der Waals surface area contributed by atoms with E-state index < -0.39 is 0 Å². The molecule has 1 N–H and O–H groups in total. The number of nitrogens with one attached hydrogen (secondary N) is 1. The van der Waals surface area contributed by atoms with Crippen LogP contribution >= 0.6 is 0 Å². The fourth-order valence-electron chi connectivity index (χ4n) is 2.99. The summed E-state index contributed by atoms with van der Waals surface area (Å²) in [5.74, 6) is 1.36. The van der Waals surface area contributed by atoms with Crippen molar-refractivity contribution in [2.75, 3.05) is 23.3 Å². The molecule has 0 aliphatic carbocycles. The standard InChI is InChI=1S/C20H26N4O2/c1-15(2)26-17-9-7-16(8-10-17)23-20(25)18-13-22-19(14-21-18)24-11-5-3-4-6-12-24/h7-10,13-15H,3-6,11-12H2,1-2H3,(H,23,25). The van der Waals surface area contributed by atoms with Crippen LogP contribution in [0, 0.1) is 0 Å². The molecule has 0 radical (unpaired) electrons. The highest BCUT2D eigenvalue weighted by Gasteiger charge is 2.13. The number of ether oxygens (including phenoxy) is 1. The van der Waals surface area contributed by atoms with E-state index in [1.807, 2.05) is 38.1 Å². The van der Waals surface area contributed by atoms with Gasteiger partial charge in [0.25, 0.3) is 5.91 Å². The van der Waals surface area contributed by atoms with Gasteiger partial charge in [0.2, 0.25) is 0 Å². The Morgan fingerprint density at radius 3 is 2.31 bits per heavy atom. The average molecular weight is 354 g/mol. The summed E-state index contributed by atoms with van der Waals surface area (Å²) in [5.41, 5.74) is 1.01. The summed E-state index contributed by atoms with van der Waals surface area (Å²) in [4.78, 5) is 23.3. The van der Waals surface area contributed by atoms with E-state index in [1.165, 1.54) is 25.7 Å². The van der Waals surface area contributed by atoms with Crippen LogP contribution in [-0.2, 0) is 0 Å². The van der Waals surface area contributed by atoms with Gasteiger partial charge in [0, 0.05) is 18.8 Å². The maximum atomic E-state index is 12.4. The molecule has 26 heavy (non-hydrogen) atoms. The van der Waals surface area contributed by atoms with Gasteiger partial charge in [-0.15, -0.1) is 0 Å². The molecule has 0 bridgehead atoms. The molecule has 6 nitrogen and oxygen atoms in total. The van der Waals surface area contributed by atoms with Crippen molar-refractivity contribution in [1.29, 1.82) is 0 Å². The van der Waals surface area contributed by atoms with E-state index in [-0.39, 0.29) is 12.0 Å². The van der Waals surface area contributed by atoms with Crippen molar-refractivity contribution in [3.63, 3.8) is 0 Å². The molecule has 6 heteroatoms. The number of rotatable bonds is 5. The number of hydrogen-bond acceptors (Lipinski definition) is 5. The maximum Gasteiger partial charge on any atom is 0.275 e. The summed E-state index contributed by atoms with van der Waals surface area (Å²) < 4.78 is 5.60. The van der Waals surface area contributed by atoms with Crippen LogP contribution < -0.4 is 15.0 Å². The van der Waals surface area contributed by atoms with Crippen molar-refractivity contribution in [2.24, 2.45) is 0 Å². The predicted octanol–water partition coefficient (Wildman–Crippen LogP) is 3.90. The van der Waals surface area contributed by atoms with E-state index in [0.717, 1.165) is 24.7 Å². The Hall–Kier alpha value is -2.63. The lowest BCUT2D eigenvalue weighted by Crippen LogP contribution is -2.25. The molecular weight excluding hydrogens is 328 g/mol. The van der Waals surface area contributed by atoms with E-state index in [4.69, 9.17) is 4.74 Å². The number of hydrogen-bond donors (Lipinski definition) is 1. The Kier molecular flexibility index (Phi) is 6.04. The molecule has 1 aromatic heterocycles. The molecule has 138 valence electrons. The Morgan fingerprint density at radius 1 is 1.04 bits per heavy atom. The normalized spacial score (nSPS) is 14.8.